The molecular weight excluding hydrogens is 441 g/mol. The molecule has 0 fully saturated rings. The van der Waals surface area contributed by atoms with Gasteiger partial charge in [-0.3, -0.25) is 9.59 Å². The van der Waals surface area contributed by atoms with Crippen LogP contribution in [0.25, 0.3) is 0 Å². The number of allylic oxidation sites excluding steroid dienone is 5. The third kappa shape index (κ3) is 2.49. The maximum absolute atomic E-state index is 13.1. The number of phenolic OH excluding ortho intramolecular Hbond substituents is 1. The average molecular weight is 453 g/mol. The van der Waals surface area contributed by atoms with Crippen molar-refractivity contribution in [1.29, 1.82) is 0 Å². The minimum absolute atomic E-state index is 0.0534. The number of alkyl halides is 2. The van der Waals surface area contributed by atoms with E-state index in [1.165, 1.54) is 24.3 Å². The maximum atomic E-state index is 13.1. The lowest BCUT2D eigenvalue weighted by Crippen LogP contribution is -2.64. The zero-order chi connectivity index (χ0) is 19.4. The molecule has 2 aliphatic rings. The second-order valence-corrected chi connectivity index (χ2v) is 8.48. The second kappa shape index (κ2) is 6.57. The summed E-state index contributed by atoms with van der Waals surface area (Å²) in [7, 11) is 0. The highest BCUT2D eigenvalue weighted by Crippen LogP contribution is 2.60. The monoisotopic (exact) mass is 450 g/mol. The molecule has 8 heteroatoms. The molecule has 0 aliphatic heterocycles. The molecule has 3 rings (SSSR count). The molecule has 2 aliphatic carbocycles. The molecule has 1 aromatic carbocycles. The van der Waals surface area contributed by atoms with Crippen LogP contribution in [0.5, 0.6) is 5.75 Å². The highest BCUT2D eigenvalue weighted by Gasteiger charge is 2.68. The Morgan fingerprint density at radius 2 is 1.73 bits per heavy atom. The van der Waals surface area contributed by atoms with Crippen molar-refractivity contribution in [3.8, 4) is 5.75 Å². The Hall–Kier alpha value is -0.970. The van der Waals surface area contributed by atoms with Crippen molar-refractivity contribution in [2.45, 2.75) is 22.1 Å². The molecule has 3 atom stereocenters. The van der Waals surface area contributed by atoms with Crippen LogP contribution in [-0.2, 0) is 9.59 Å². The van der Waals surface area contributed by atoms with Crippen molar-refractivity contribution >= 4 is 69.6 Å². The minimum Gasteiger partial charge on any atom is -0.508 e. The highest BCUT2D eigenvalue weighted by molar-refractivity contribution is 6.66. The van der Waals surface area contributed by atoms with Gasteiger partial charge in [0.05, 0.1) is 0 Å². The van der Waals surface area contributed by atoms with Gasteiger partial charge in [0.1, 0.15) is 25.6 Å². The first kappa shape index (κ1) is 19.8. The quantitative estimate of drug-likeness (QED) is 0.608. The molecule has 0 saturated carbocycles. The van der Waals surface area contributed by atoms with Crippen LogP contribution < -0.4 is 0 Å². The van der Waals surface area contributed by atoms with Gasteiger partial charge in [-0.2, -0.15) is 0 Å². The molecular formula is C18H11Cl5O3. The molecule has 1 N–H and O–H groups in total. The van der Waals surface area contributed by atoms with E-state index < -0.39 is 37.3 Å². The fraction of sp³-hybridized carbons (Fsp3) is 0.222. The molecule has 0 aromatic heterocycles. The van der Waals surface area contributed by atoms with E-state index in [1.807, 2.05) is 0 Å². The lowest BCUT2D eigenvalue weighted by Gasteiger charge is -2.50. The number of fused-ring (bicyclic) bond motifs is 1. The third-order valence-electron chi connectivity index (χ3n) is 4.74. The Morgan fingerprint density at radius 3 is 2.35 bits per heavy atom. The van der Waals surface area contributed by atoms with E-state index in [0.29, 0.717) is 10.6 Å². The molecule has 26 heavy (non-hydrogen) atoms. The number of hydrogen-bond acceptors (Lipinski definition) is 3. The van der Waals surface area contributed by atoms with Crippen LogP contribution in [0.2, 0.25) is 5.02 Å². The summed E-state index contributed by atoms with van der Waals surface area (Å²) in [6, 6.07) is 4.30. The summed E-state index contributed by atoms with van der Waals surface area (Å²) in [5.74, 6) is -2.71. The van der Waals surface area contributed by atoms with Gasteiger partial charge in [-0.1, -0.05) is 53.5 Å². The molecule has 0 spiro atoms. The van der Waals surface area contributed by atoms with Crippen LogP contribution in [0, 0.1) is 0 Å². The number of benzene rings is 1. The maximum Gasteiger partial charge on any atom is 0.199 e. The Balaban J connectivity index is 2.38. The van der Waals surface area contributed by atoms with E-state index in [1.54, 1.807) is 6.08 Å². The largest absolute Gasteiger partial charge is 0.508 e. The molecule has 0 saturated heterocycles. The molecule has 3 unspecified atom stereocenters. The Kier molecular flexibility index (Phi) is 5.00. The van der Waals surface area contributed by atoms with Crippen molar-refractivity contribution in [1.82, 2.24) is 0 Å². The smallest absolute Gasteiger partial charge is 0.199 e. The van der Waals surface area contributed by atoms with E-state index in [0.717, 1.165) is 0 Å². The number of hydrogen-bond donors (Lipinski definition) is 1. The molecule has 0 bridgehead atoms. The van der Waals surface area contributed by atoms with Gasteiger partial charge in [0.2, 0.25) is 0 Å². The van der Waals surface area contributed by atoms with E-state index in [4.69, 9.17) is 58.0 Å². The Bertz CT molecular complexity index is 919. The number of Topliss-reactive ketones (excluding diaryl/α,β-unsaturated/α-hetero) is 2. The van der Waals surface area contributed by atoms with Crippen LogP contribution in [-0.4, -0.2) is 26.4 Å². The van der Waals surface area contributed by atoms with E-state index in [9.17, 15) is 14.7 Å². The first-order chi connectivity index (χ1) is 12.1. The van der Waals surface area contributed by atoms with Crippen molar-refractivity contribution in [2.75, 3.05) is 0 Å². The first-order valence-corrected chi connectivity index (χ1v) is 9.32. The lowest BCUT2D eigenvalue weighted by atomic mass is 9.62. The van der Waals surface area contributed by atoms with E-state index in [-0.39, 0.29) is 17.7 Å². The topological polar surface area (TPSA) is 54.4 Å². The average Bonchev–Trinajstić information content (AvgIpc) is 2.62. The SMILES string of the molecule is C=CC1=CCC2(Cl)C(=O)C(Cl)=C(Cl)C(=O)C2(Cl)C1c1cc(Cl)ccc1O. The van der Waals surface area contributed by atoms with Crippen LogP contribution >= 0.6 is 58.0 Å². The summed E-state index contributed by atoms with van der Waals surface area (Å²) in [6.45, 7) is 3.73. The van der Waals surface area contributed by atoms with Crippen molar-refractivity contribution in [2.24, 2.45) is 0 Å². The van der Waals surface area contributed by atoms with Crippen LogP contribution in [0.15, 0.2) is 52.6 Å². The van der Waals surface area contributed by atoms with Gasteiger partial charge < -0.3 is 5.11 Å². The van der Waals surface area contributed by atoms with Gasteiger partial charge in [-0.25, -0.2) is 0 Å². The van der Waals surface area contributed by atoms with Gasteiger partial charge in [0, 0.05) is 16.5 Å². The van der Waals surface area contributed by atoms with Crippen LogP contribution in [0.1, 0.15) is 17.9 Å². The summed E-state index contributed by atoms with van der Waals surface area (Å²) >= 11 is 31.4. The summed E-state index contributed by atoms with van der Waals surface area (Å²) in [4.78, 5) is 22.0. The van der Waals surface area contributed by atoms with Crippen molar-refractivity contribution in [3.05, 3.63) is 63.2 Å². The predicted molar refractivity (Wildman–Crippen MR) is 105 cm³/mol. The normalized spacial score (nSPS) is 31.6. The van der Waals surface area contributed by atoms with Crippen molar-refractivity contribution in [3.63, 3.8) is 0 Å². The van der Waals surface area contributed by atoms with Crippen LogP contribution in [0.4, 0.5) is 0 Å². The number of carbonyl (C=O) groups is 2. The standard InChI is InChI=1S/C18H11Cl5O3/c1-2-8-5-6-17(22)15(25)13(20)14(21)16(26)18(17,23)12(8)10-7-9(19)3-4-11(10)24/h2-5,7,12,24H,1,6H2. The zero-order valence-corrected chi connectivity index (χ0v) is 16.8. The number of halogens is 5. The Labute approximate surface area is 174 Å². The molecule has 1 aromatic rings. The minimum atomic E-state index is -2.01. The fourth-order valence-corrected chi connectivity index (χ4v) is 5.06. The molecule has 136 valence electrons. The summed E-state index contributed by atoms with van der Waals surface area (Å²) < 4.78 is 0. The Morgan fingerprint density at radius 1 is 1.12 bits per heavy atom. The van der Waals surface area contributed by atoms with Crippen molar-refractivity contribution < 1.29 is 14.7 Å². The number of ketones is 2. The van der Waals surface area contributed by atoms with Gasteiger partial charge in [-0.05, 0) is 30.2 Å². The fourth-order valence-electron chi connectivity index (χ4n) is 3.44. The summed E-state index contributed by atoms with van der Waals surface area (Å²) in [5, 5.41) is 9.74. The van der Waals surface area contributed by atoms with Gasteiger partial charge in [-0.15, -0.1) is 23.2 Å². The lowest BCUT2D eigenvalue weighted by molar-refractivity contribution is -0.127. The number of aromatic hydroxyl groups is 1. The van der Waals surface area contributed by atoms with E-state index in [2.05, 4.69) is 6.58 Å². The first-order valence-electron chi connectivity index (χ1n) is 7.43. The number of phenols is 1. The highest BCUT2D eigenvalue weighted by atomic mass is 35.5. The zero-order valence-electron chi connectivity index (χ0n) is 13.0. The van der Waals surface area contributed by atoms with Gasteiger partial charge in [0.15, 0.2) is 11.6 Å². The number of carbonyl (C=O) groups excluding carboxylic acids is 2. The molecule has 3 nitrogen and oxygen atoms in total. The van der Waals surface area contributed by atoms with Crippen LogP contribution in [0.3, 0.4) is 0 Å². The molecule has 0 radical (unpaired) electrons. The van der Waals surface area contributed by atoms with E-state index >= 15 is 0 Å². The summed E-state index contributed by atoms with van der Waals surface area (Å²) in [5.41, 5.74) is 0.740. The molecule has 0 heterocycles. The third-order valence-corrected chi connectivity index (χ3v) is 7.23. The van der Waals surface area contributed by atoms with Gasteiger partial charge in [0.25, 0.3) is 0 Å². The van der Waals surface area contributed by atoms with Gasteiger partial charge >= 0.3 is 0 Å². The number of rotatable bonds is 2. The predicted octanol–water partition coefficient (Wildman–Crippen LogP) is 5.44. The second-order valence-electron chi connectivity index (χ2n) is 6.05. The summed E-state index contributed by atoms with van der Waals surface area (Å²) in [6.07, 6.45) is 3.07. The molecule has 0 amide bonds.